The molecule has 2 heteroatoms. The van der Waals surface area contributed by atoms with E-state index in [-0.39, 0.29) is 5.48 Å². The fraction of sp³-hybridized carbons (Fsp3) is 0.400. The summed E-state index contributed by atoms with van der Waals surface area (Å²) < 4.78 is 0. The molecule has 1 aromatic carbocycles. The minimum Gasteiger partial charge on any atom is -0.870 e. The lowest BCUT2D eigenvalue weighted by atomic mass is 10.2. The van der Waals surface area contributed by atoms with E-state index in [1.807, 2.05) is 0 Å². The fourth-order valence-electron chi connectivity index (χ4n) is 1.09. The van der Waals surface area contributed by atoms with Gasteiger partial charge in [0, 0.05) is 5.56 Å². The SMILES string of the molecule is CCC[NH2+]Cc1ccccc1.[OH-]. The maximum Gasteiger partial charge on any atom is 0.101 e. The molecule has 0 amide bonds. The van der Waals surface area contributed by atoms with E-state index in [0.29, 0.717) is 0 Å². The van der Waals surface area contributed by atoms with Crippen molar-refractivity contribution in [1.29, 1.82) is 0 Å². The molecule has 0 saturated carbocycles. The van der Waals surface area contributed by atoms with Crippen molar-refractivity contribution in [2.75, 3.05) is 6.54 Å². The van der Waals surface area contributed by atoms with Gasteiger partial charge in [-0.3, -0.25) is 0 Å². The van der Waals surface area contributed by atoms with Crippen molar-refractivity contribution in [1.82, 2.24) is 0 Å². The second-order valence-electron chi connectivity index (χ2n) is 2.77. The molecule has 0 heterocycles. The van der Waals surface area contributed by atoms with Crippen LogP contribution in [0.4, 0.5) is 0 Å². The van der Waals surface area contributed by atoms with Crippen LogP contribution in [0.1, 0.15) is 18.9 Å². The molecule has 0 unspecified atom stereocenters. The Bertz CT molecular complexity index is 186. The summed E-state index contributed by atoms with van der Waals surface area (Å²) >= 11 is 0. The molecule has 3 N–H and O–H groups in total. The molecule has 0 aliphatic heterocycles. The Morgan fingerprint density at radius 2 is 1.83 bits per heavy atom. The maximum absolute atomic E-state index is 2.34. The van der Waals surface area contributed by atoms with Crippen molar-refractivity contribution in [3.05, 3.63) is 35.9 Å². The molecule has 0 aliphatic carbocycles. The van der Waals surface area contributed by atoms with Crippen LogP contribution in [0.3, 0.4) is 0 Å². The third-order valence-electron chi connectivity index (χ3n) is 1.72. The molecule has 0 atom stereocenters. The van der Waals surface area contributed by atoms with E-state index >= 15 is 0 Å². The Balaban J connectivity index is 0.00000121. The highest BCUT2D eigenvalue weighted by Gasteiger charge is 1.90. The molecule has 1 rings (SSSR count). The molecule has 0 aliphatic rings. The Labute approximate surface area is 73.9 Å². The first-order valence-corrected chi connectivity index (χ1v) is 4.29. The topological polar surface area (TPSA) is 46.6 Å². The summed E-state index contributed by atoms with van der Waals surface area (Å²) in [7, 11) is 0. The molecule has 0 radical (unpaired) electrons. The van der Waals surface area contributed by atoms with Gasteiger partial charge in [-0.15, -0.1) is 0 Å². The van der Waals surface area contributed by atoms with Gasteiger partial charge in [0.25, 0.3) is 0 Å². The molecule has 0 spiro atoms. The quantitative estimate of drug-likeness (QED) is 0.668. The van der Waals surface area contributed by atoms with Gasteiger partial charge < -0.3 is 10.8 Å². The van der Waals surface area contributed by atoms with Crippen molar-refractivity contribution in [2.24, 2.45) is 0 Å². The van der Waals surface area contributed by atoms with E-state index in [4.69, 9.17) is 0 Å². The number of rotatable bonds is 4. The molecule has 12 heavy (non-hydrogen) atoms. The van der Waals surface area contributed by atoms with E-state index < -0.39 is 0 Å². The maximum atomic E-state index is 2.34. The van der Waals surface area contributed by atoms with E-state index in [1.165, 1.54) is 18.5 Å². The average molecular weight is 167 g/mol. The molecule has 0 saturated heterocycles. The number of hydrogen-bond acceptors (Lipinski definition) is 1. The van der Waals surface area contributed by atoms with Gasteiger partial charge in [0.2, 0.25) is 0 Å². The molecule has 0 bridgehead atoms. The minimum atomic E-state index is 0. The lowest BCUT2D eigenvalue weighted by Gasteiger charge is -1.98. The van der Waals surface area contributed by atoms with Crippen LogP contribution in [0, 0.1) is 0 Å². The first-order valence-electron chi connectivity index (χ1n) is 4.29. The Hall–Kier alpha value is -0.860. The van der Waals surface area contributed by atoms with Crippen LogP contribution < -0.4 is 5.32 Å². The van der Waals surface area contributed by atoms with Crippen molar-refractivity contribution >= 4 is 0 Å². The number of benzene rings is 1. The molecular formula is C10H17NO. The smallest absolute Gasteiger partial charge is 0.101 e. The van der Waals surface area contributed by atoms with Crippen LogP contribution in [0.2, 0.25) is 0 Å². The predicted molar refractivity (Wildman–Crippen MR) is 49.2 cm³/mol. The van der Waals surface area contributed by atoms with Crippen LogP contribution in [-0.2, 0) is 6.54 Å². The third kappa shape index (κ3) is 4.11. The van der Waals surface area contributed by atoms with Gasteiger partial charge >= 0.3 is 0 Å². The molecule has 1 aromatic rings. The van der Waals surface area contributed by atoms with Gasteiger partial charge in [0.15, 0.2) is 0 Å². The standard InChI is InChI=1S/C10H15N.H2O/c1-2-8-11-9-10-6-4-3-5-7-10;/h3-7,11H,2,8-9H2,1H3;1H2. The Morgan fingerprint density at radius 1 is 1.17 bits per heavy atom. The van der Waals surface area contributed by atoms with Crippen LogP contribution in [0.5, 0.6) is 0 Å². The van der Waals surface area contributed by atoms with E-state index in [2.05, 4.69) is 42.6 Å². The zero-order valence-corrected chi connectivity index (χ0v) is 7.53. The molecule has 2 nitrogen and oxygen atoms in total. The summed E-state index contributed by atoms with van der Waals surface area (Å²) in [5.41, 5.74) is 1.42. The fourth-order valence-corrected chi connectivity index (χ4v) is 1.09. The van der Waals surface area contributed by atoms with E-state index in [0.717, 1.165) is 6.54 Å². The zero-order valence-electron chi connectivity index (χ0n) is 7.53. The molecule has 0 fully saturated rings. The van der Waals surface area contributed by atoms with E-state index in [1.54, 1.807) is 0 Å². The van der Waals surface area contributed by atoms with Gasteiger partial charge in [-0.25, -0.2) is 0 Å². The van der Waals surface area contributed by atoms with Gasteiger partial charge in [-0.05, 0) is 6.42 Å². The minimum absolute atomic E-state index is 0. The summed E-state index contributed by atoms with van der Waals surface area (Å²) in [5.74, 6) is 0. The van der Waals surface area contributed by atoms with Crippen LogP contribution >= 0.6 is 0 Å². The third-order valence-corrected chi connectivity index (χ3v) is 1.72. The van der Waals surface area contributed by atoms with E-state index in [9.17, 15) is 0 Å². The number of nitrogens with two attached hydrogens (primary N) is 1. The van der Waals surface area contributed by atoms with Crippen molar-refractivity contribution in [3.63, 3.8) is 0 Å². The summed E-state index contributed by atoms with van der Waals surface area (Å²) in [5, 5.41) is 2.34. The summed E-state index contributed by atoms with van der Waals surface area (Å²) in [4.78, 5) is 0. The average Bonchev–Trinajstić information content (AvgIpc) is 2.07. The summed E-state index contributed by atoms with van der Waals surface area (Å²) in [6.07, 6.45) is 1.26. The molecular weight excluding hydrogens is 150 g/mol. The van der Waals surface area contributed by atoms with Crippen molar-refractivity contribution in [3.8, 4) is 0 Å². The second-order valence-corrected chi connectivity index (χ2v) is 2.77. The highest BCUT2D eigenvalue weighted by molar-refractivity contribution is 5.12. The lowest BCUT2D eigenvalue weighted by Crippen LogP contribution is -2.82. The number of quaternary nitrogens is 1. The van der Waals surface area contributed by atoms with Crippen molar-refractivity contribution in [2.45, 2.75) is 19.9 Å². The van der Waals surface area contributed by atoms with Gasteiger partial charge in [-0.2, -0.15) is 0 Å². The van der Waals surface area contributed by atoms with Gasteiger partial charge in [-0.1, -0.05) is 37.3 Å². The van der Waals surface area contributed by atoms with Crippen molar-refractivity contribution < 1.29 is 10.8 Å². The van der Waals surface area contributed by atoms with Crippen LogP contribution in [0.15, 0.2) is 30.3 Å². The second kappa shape index (κ2) is 6.83. The first kappa shape index (κ1) is 11.1. The van der Waals surface area contributed by atoms with Crippen LogP contribution in [0.25, 0.3) is 0 Å². The Kier molecular flexibility index (Phi) is 6.34. The zero-order chi connectivity index (χ0) is 7.94. The predicted octanol–water partition coefficient (Wildman–Crippen LogP) is 0.983. The monoisotopic (exact) mass is 167 g/mol. The number of hydrogen-bond donors (Lipinski definition) is 1. The van der Waals surface area contributed by atoms with Crippen LogP contribution in [-0.4, -0.2) is 12.0 Å². The van der Waals surface area contributed by atoms with Gasteiger partial charge in [0.05, 0.1) is 6.54 Å². The lowest BCUT2D eigenvalue weighted by molar-refractivity contribution is -0.670. The Morgan fingerprint density at radius 3 is 2.42 bits per heavy atom. The highest BCUT2D eigenvalue weighted by Crippen LogP contribution is 1.94. The normalized spacial score (nSPS) is 9.08. The van der Waals surface area contributed by atoms with Gasteiger partial charge in [0.1, 0.15) is 6.54 Å². The highest BCUT2D eigenvalue weighted by atomic mass is 16.0. The molecule has 0 aromatic heterocycles. The molecule has 68 valence electrons. The summed E-state index contributed by atoms with van der Waals surface area (Å²) in [6, 6.07) is 10.6. The summed E-state index contributed by atoms with van der Waals surface area (Å²) in [6.45, 7) is 4.56. The first-order chi connectivity index (χ1) is 5.43. The largest absolute Gasteiger partial charge is 0.870 e.